The van der Waals surface area contributed by atoms with Gasteiger partial charge in [-0.2, -0.15) is 11.8 Å². The van der Waals surface area contributed by atoms with E-state index in [-0.39, 0.29) is 5.91 Å². The van der Waals surface area contributed by atoms with Crippen LogP contribution in [0.15, 0.2) is 30.3 Å². The minimum absolute atomic E-state index is 0.177. The number of hydrogen-bond donors (Lipinski definition) is 1. The predicted molar refractivity (Wildman–Crippen MR) is 79.7 cm³/mol. The lowest BCUT2D eigenvalue weighted by atomic mass is 10.2. The first-order valence-corrected chi connectivity index (χ1v) is 7.79. The summed E-state index contributed by atoms with van der Waals surface area (Å²) in [4.78, 5) is 11.6. The lowest BCUT2D eigenvalue weighted by Crippen LogP contribution is -2.32. The molecule has 0 aliphatic heterocycles. The number of amides is 1. The number of nitrogens with one attached hydrogen (secondary N) is 1. The Morgan fingerprint density at radius 3 is 2.72 bits per heavy atom. The number of carbonyl (C=O) groups excluding carboxylic acids is 1. The number of benzene rings is 1. The van der Waals surface area contributed by atoms with Gasteiger partial charge in [0.15, 0.2) is 0 Å². The summed E-state index contributed by atoms with van der Waals surface area (Å²) in [5.74, 6) is 2.05. The van der Waals surface area contributed by atoms with Gasteiger partial charge in [0.05, 0.1) is 0 Å². The van der Waals surface area contributed by atoms with E-state index >= 15 is 0 Å². The molecule has 3 heteroatoms. The summed E-state index contributed by atoms with van der Waals surface area (Å²) in [6.45, 7) is 4.21. The third-order valence-corrected chi connectivity index (χ3v) is 3.74. The Hall–Kier alpha value is -0.960. The Morgan fingerprint density at radius 2 is 2.06 bits per heavy atom. The third kappa shape index (κ3) is 6.70. The summed E-state index contributed by atoms with van der Waals surface area (Å²) in [5, 5.41) is 3.03. The van der Waals surface area contributed by atoms with E-state index in [9.17, 15) is 4.79 Å². The first kappa shape index (κ1) is 15.1. The fourth-order valence-electron chi connectivity index (χ4n) is 1.78. The average molecular weight is 265 g/mol. The molecule has 0 aromatic heterocycles. The van der Waals surface area contributed by atoms with Gasteiger partial charge < -0.3 is 5.32 Å². The second kappa shape index (κ2) is 9.03. The van der Waals surface area contributed by atoms with Crippen LogP contribution in [0, 0.1) is 0 Å². The van der Waals surface area contributed by atoms with E-state index < -0.39 is 0 Å². The lowest BCUT2D eigenvalue weighted by molar-refractivity contribution is -0.121. The molecule has 1 rings (SSSR count). The van der Waals surface area contributed by atoms with Crippen molar-refractivity contribution in [2.75, 3.05) is 5.75 Å². The van der Waals surface area contributed by atoms with Gasteiger partial charge in [0.25, 0.3) is 0 Å². The molecule has 1 aromatic carbocycles. The molecule has 0 fully saturated rings. The van der Waals surface area contributed by atoms with E-state index in [4.69, 9.17) is 0 Å². The maximum Gasteiger partial charge on any atom is 0.221 e. The van der Waals surface area contributed by atoms with Crippen LogP contribution in [0.2, 0.25) is 0 Å². The smallest absolute Gasteiger partial charge is 0.221 e. The van der Waals surface area contributed by atoms with Crippen molar-refractivity contribution in [2.24, 2.45) is 0 Å². The summed E-state index contributed by atoms with van der Waals surface area (Å²) in [7, 11) is 0. The fraction of sp³-hybridized carbons (Fsp3) is 0.533. The van der Waals surface area contributed by atoms with Crippen LogP contribution in [0.1, 0.15) is 38.7 Å². The Bertz CT molecular complexity index is 340. The first-order chi connectivity index (χ1) is 8.72. The highest BCUT2D eigenvalue weighted by atomic mass is 32.2. The monoisotopic (exact) mass is 265 g/mol. The number of hydrogen-bond acceptors (Lipinski definition) is 2. The molecule has 0 saturated heterocycles. The van der Waals surface area contributed by atoms with Crippen molar-refractivity contribution in [1.82, 2.24) is 5.32 Å². The topological polar surface area (TPSA) is 29.1 Å². The zero-order valence-electron chi connectivity index (χ0n) is 11.3. The van der Waals surface area contributed by atoms with Crippen molar-refractivity contribution < 1.29 is 4.79 Å². The molecule has 0 unspecified atom stereocenters. The Kier molecular flexibility index (Phi) is 7.58. The number of rotatable bonds is 8. The van der Waals surface area contributed by atoms with E-state index in [0.717, 1.165) is 24.3 Å². The molecule has 0 aliphatic carbocycles. The Labute approximate surface area is 115 Å². The maximum atomic E-state index is 11.6. The average Bonchev–Trinajstić information content (AvgIpc) is 2.36. The SMILES string of the molecule is CCC[C@@H](C)NC(=O)CCSCc1ccccc1. The zero-order valence-corrected chi connectivity index (χ0v) is 12.1. The van der Waals surface area contributed by atoms with Crippen LogP contribution >= 0.6 is 11.8 Å². The van der Waals surface area contributed by atoms with Crippen LogP contribution in [-0.2, 0) is 10.5 Å². The predicted octanol–water partition coefficient (Wildman–Crippen LogP) is 3.61. The minimum Gasteiger partial charge on any atom is -0.354 e. The molecule has 1 atom stereocenters. The Morgan fingerprint density at radius 1 is 1.33 bits per heavy atom. The molecule has 1 amide bonds. The van der Waals surface area contributed by atoms with Crippen LogP contribution in [-0.4, -0.2) is 17.7 Å². The molecule has 18 heavy (non-hydrogen) atoms. The third-order valence-electron chi connectivity index (χ3n) is 2.71. The molecule has 2 nitrogen and oxygen atoms in total. The van der Waals surface area contributed by atoms with Gasteiger partial charge in [-0.1, -0.05) is 43.7 Å². The van der Waals surface area contributed by atoms with Gasteiger partial charge >= 0.3 is 0 Å². The molecule has 100 valence electrons. The van der Waals surface area contributed by atoms with E-state index in [1.54, 1.807) is 0 Å². The highest BCUT2D eigenvalue weighted by molar-refractivity contribution is 7.98. The van der Waals surface area contributed by atoms with Crippen LogP contribution in [0.5, 0.6) is 0 Å². The highest BCUT2D eigenvalue weighted by Gasteiger charge is 2.05. The van der Waals surface area contributed by atoms with Crippen molar-refractivity contribution in [3.05, 3.63) is 35.9 Å². The van der Waals surface area contributed by atoms with Gasteiger partial charge in [0.1, 0.15) is 0 Å². The van der Waals surface area contributed by atoms with Crippen molar-refractivity contribution >= 4 is 17.7 Å². The lowest BCUT2D eigenvalue weighted by Gasteiger charge is -2.12. The van der Waals surface area contributed by atoms with Crippen molar-refractivity contribution in [3.8, 4) is 0 Å². The van der Waals surface area contributed by atoms with E-state index in [2.05, 4.69) is 43.4 Å². The fourth-order valence-corrected chi connectivity index (χ4v) is 2.68. The molecule has 0 aliphatic rings. The normalized spacial score (nSPS) is 12.1. The molecule has 0 saturated carbocycles. The highest BCUT2D eigenvalue weighted by Crippen LogP contribution is 2.12. The number of carbonyl (C=O) groups is 1. The molecule has 0 heterocycles. The van der Waals surface area contributed by atoms with Crippen LogP contribution in [0.3, 0.4) is 0 Å². The second-order valence-corrected chi connectivity index (χ2v) is 5.65. The Balaban J connectivity index is 2.09. The largest absolute Gasteiger partial charge is 0.354 e. The van der Waals surface area contributed by atoms with Gasteiger partial charge in [-0.25, -0.2) is 0 Å². The van der Waals surface area contributed by atoms with E-state index in [1.165, 1.54) is 5.56 Å². The summed E-state index contributed by atoms with van der Waals surface area (Å²) in [6, 6.07) is 10.7. The molecular weight excluding hydrogens is 242 g/mol. The zero-order chi connectivity index (χ0) is 13.2. The van der Waals surface area contributed by atoms with Crippen molar-refractivity contribution in [2.45, 2.75) is 44.9 Å². The van der Waals surface area contributed by atoms with E-state index in [1.807, 2.05) is 17.8 Å². The van der Waals surface area contributed by atoms with Crippen LogP contribution in [0.4, 0.5) is 0 Å². The first-order valence-electron chi connectivity index (χ1n) is 6.63. The quantitative estimate of drug-likeness (QED) is 0.727. The van der Waals surface area contributed by atoms with Gasteiger partial charge in [-0.15, -0.1) is 0 Å². The molecule has 0 bridgehead atoms. The second-order valence-electron chi connectivity index (χ2n) is 4.55. The minimum atomic E-state index is 0.177. The summed E-state index contributed by atoms with van der Waals surface area (Å²) in [6.07, 6.45) is 2.79. The number of thioether (sulfide) groups is 1. The van der Waals surface area contributed by atoms with Crippen LogP contribution < -0.4 is 5.32 Å². The van der Waals surface area contributed by atoms with Crippen LogP contribution in [0.25, 0.3) is 0 Å². The maximum absolute atomic E-state index is 11.6. The van der Waals surface area contributed by atoms with Crippen molar-refractivity contribution in [3.63, 3.8) is 0 Å². The molecule has 0 radical (unpaired) electrons. The standard InChI is InChI=1S/C15H23NOS/c1-3-7-13(2)16-15(17)10-11-18-12-14-8-5-4-6-9-14/h4-6,8-9,13H,3,7,10-12H2,1-2H3,(H,16,17)/t13-/m1/s1. The van der Waals surface area contributed by atoms with Crippen molar-refractivity contribution in [1.29, 1.82) is 0 Å². The summed E-state index contributed by atoms with van der Waals surface area (Å²) in [5.41, 5.74) is 1.32. The molecule has 0 spiro atoms. The van der Waals surface area contributed by atoms with Gasteiger partial charge in [0, 0.05) is 24.0 Å². The van der Waals surface area contributed by atoms with Gasteiger partial charge in [0.2, 0.25) is 5.91 Å². The van der Waals surface area contributed by atoms with Gasteiger partial charge in [-0.3, -0.25) is 4.79 Å². The summed E-state index contributed by atoms with van der Waals surface area (Å²) >= 11 is 1.81. The molecular formula is C15H23NOS. The van der Waals surface area contributed by atoms with E-state index in [0.29, 0.717) is 12.5 Å². The summed E-state index contributed by atoms with van der Waals surface area (Å²) < 4.78 is 0. The molecule has 1 N–H and O–H groups in total. The molecule has 1 aromatic rings. The van der Waals surface area contributed by atoms with Gasteiger partial charge in [-0.05, 0) is 18.9 Å².